The van der Waals surface area contributed by atoms with Crippen LogP contribution < -0.4 is 5.73 Å². The third kappa shape index (κ3) is 12.7. The summed E-state index contributed by atoms with van der Waals surface area (Å²) in [6.45, 7) is 1.98. The van der Waals surface area contributed by atoms with E-state index in [0.717, 1.165) is 19.3 Å². The zero-order valence-electron chi connectivity index (χ0n) is 12.5. The highest BCUT2D eigenvalue weighted by Crippen LogP contribution is 2.13. The molecule has 21 heavy (non-hydrogen) atoms. The van der Waals surface area contributed by atoms with Crippen molar-refractivity contribution in [2.75, 3.05) is 5.88 Å². The third-order valence-electron chi connectivity index (χ3n) is 2.91. The van der Waals surface area contributed by atoms with Gasteiger partial charge in [-0.3, -0.25) is 4.79 Å². The van der Waals surface area contributed by atoms with Crippen molar-refractivity contribution < 1.29 is 9.90 Å². The molecule has 2 atom stereocenters. The van der Waals surface area contributed by atoms with E-state index in [-0.39, 0.29) is 17.8 Å². The summed E-state index contributed by atoms with van der Waals surface area (Å²) in [7, 11) is 0. The minimum absolute atomic E-state index is 0.108. The van der Waals surface area contributed by atoms with Crippen molar-refractivity contribution >= 4 is 29.2 Å². The van der Waals surface area contributed by atoms with Gasteiger partial charge in [0, 0.05) is 23.7 Å². The first kappa shape index (κ1) is 20.2. The first-order chi connectivity index (χ1) is 9.97. The van der Waals surface area contributed by atoms with Crippen LogP contribution in [0.1, 0.15) is 50.6 Å². The van der Waals surface area contributed by atoms with E-state index in [9.17, 15) is 4.79 Å². The molecule has 0 unspecified atom stereocenters. The monoisotopic (exact) mass is 333 g/mol. The average molecular weight is 334 g/mol. The molecule has 0 heterocycles. The minimum atomic E-state index is -0.738. The van der Waals surface area contributed by atoms with Crippen LogP contribution in [0.5, 0.6) is 0 Å². The molecule has 1 aromatic rings. The maximum Gasteiger partial charge on any atom is 0.303 e. The van der Waals surface area contributed by atoms with Gasteiger partial charge in [0.2, 0.25) is 0 Å². The molecule has 0 spiro atoms. The molecule has 120 valence electrons. The topological polar surface area (TPSA) is 63.3 Å². The molecule has 3 N–H and O–H groups in total. The Labute approximate surface area is 137 Å². The van der Waals surface area contributed by atoms with Crippen LogP contribution in [0.15, 0.2) is 30.3 Å². The molecule has 0 saturated heterocycles. The number of carboxylic acid groups (broad SMARTS) is 1. The summed E-state index contributed by atoms with van der Waals surface area (Å²) < 4.78 is 0. The standard InChI is InChI=1S/C8H14Cl2O2.C8H11N/c9-6-5-7(10)3-1-2-4-8(11)12;1-7(9)8-5-3-2-4-6-8/h7H,1-6H2,(H,11,12);2-7H,9H2,1H3/t2*7-/m11/s1. The molecule has 1 rings (SSSR count). The molecular formula is C16H25Cl2NO2. The van der Waals surface area contributed by atoms with Gasteiger partial charge in [-0.25, -0.2) is 0 Å². The zero-order valence-corrected chi connectivity index (χ0v) is 14.0. The molecule has 1 aromatic carbocycles. The number of unbranched alkanes of at least 4 members (excludes halogenated alkanes) is 1. The van der Waals surface area contributed by atoms with Crippen molar-refractivity contribution in [3.63, 3.8) is 0 Å². The molecule has 0 saturated carbocycles. The molecule has 5 heteroatoms. The van der Waals surface area contributed by atoms with Crippen molar-refractivity contribution in [1.82, 2.24) is 0 Å². The van der Waals surface area contributed by atoms with Crippen molar-refractivity contribution in [3.8, 4) is 0 Å². The number of carbonyl (C=O) groups is 1. The van der Waals surface area contributed by atoms with Crippen LogP contribution >= 0.6 is 23.2 Å². The Balaban J connectivity index is 0.000000394. The predicted molar refractivity (Wildman–Crippen MR) is 90.1 cm³/mol. The van der Waals surface area contributed by atoms with E-state index >= 15 is 0 Å². The number of aliphatic carboxylic acids is 1. The first-order valence-electron chi connectivity index (χ1n) is 7.19. The van der Waals surface area contributed by atoms with Crippen LogP contribution in [0, 0.1) is 0 Å². The SMILES string of the molecule is C[C@@H](N)c1ccccc1.O=C(O)CCCC[C@@H](Cl)CCCl. The molecule has 0 amide bonds. The van der Waals surface area contributed by atoms with Gasteiger partial charge in [0.1, 0.15) is 0 Å². The second-order valence-electron chi connectivity index (χ2n) is 4.91. The highest BCUT2D eigenvalue weighted by Gasteiger charge is 2.03. The molecule has 0 aliphatic carbocycles. The number of hydrogen-bond acceptors (Lipinski definition) is 2. The van der Waals surface area contributed by atoms with Gasteiger partial charge in [0.05, 0.1) is 0 Å². The maximum absolute atomic E-state index is 10.1. The van der Waals surface area contributed by atoms with E-state index in [1.54, 1.807) is 0 Å². The Morgan fingerprint density at radius 3 is 2.29 bits per heavy atom. The van der Waals surface area contributed by atoms with Crippen molar-refractivity contribution in [2.45, 2.75) is 50.4 Å². The highest BCUT2D eigenvalue weighted by molar-refractivity contribution is 6.22. The number of carboxylic acids is 1. The molecule has 0 fully saturated rings. The van der Waals surface area contributed by atoms with E-state index in [0.29, 0.717) is 12.3 Å². The van der Waals surface area contributed by atoms with Gasteiger partial charge in [-0.2, -0.15) is 0 Å². The summed E-state index contributed by atoms with van der Waals surface area (Å²) in [6.07, 6.45) is 3.49. The number of rotatable bonds is 8. The second kappa shape index (κ2) is 12.9. The number of halogens is 2. The average Bonchev–Trinajstić information content (AvgIpc) is 2.45. The van der Waals surface area contributed by atoms with Crippen molar-refractivity contribution in [2.24, 2.45) is 5.73 Å². The molecule has 0 aliphatic heterocycles. The maximum atomic E-state index is 10.1. The van der Waals surface area contributed by atoms with Gasteiger partial charge in [-0.1, -0.05) is 36.8 Å². The molecular weight excluding hydrogens is 309 g/mol. The lowest BCUT2D eigenvalue weighted by Gasteiger charge is -2.05. The Morgan fingerprint density at radius 2 is 1.86 bits per heavy atom. The van der Waals surface area contributed by atoms with Crippen molar-refractivity contribution in [1.29, 1.82) is 0 Å². The van der Waals surface area contributed by atoms with Crippen LogP contribution in [-0.2, 0) is 4.79 Å². The largest absolute Gasteiger partial charge is 0.481 e. The summed E-state index contributed by atoms with van der Waals surface area (Å²) in [6, 6.07) is 10.2. The second-order valence-corrected chi connectivity index (χ2v) is 5.91. The van der Waals surface area contributed by atoms with Crippen LogP contribution in [-0.4, -0.2) is 22.3 Å². The van der Waals surface area contributed by atoms with Crippen molar-refractivity contribution in [3.05, 3.63) is 35.9 Å². The Bertz CT molecular complexity index is 372. The van der Waals surface area contributed by atoms with Crippen LogP contribution in [0.2, 0.25) is 0 Å². The fourth-order valence-corrected chi connectivity index (χ4v) is 2.30. The molecule has 0 aliphatic rings. The van der Waals surface area contributed by atoms with Gasteiger partial charge in [0.25, 0.3) is 0 Å². The number of hydrogen-bond donors (Lipinski definition) is 2. The van der Waals surface area contributed by atoms with Gasteiger partial charge in [0.15, 0.2) is 0 Å². The molecule has 0 bridgehead atoms. The lowest BCUT2D eigenvalue weighted by atomic mass is 10.1. The minimum Gasteiger partial charge on any atom is -0.481 e. The van der Waals surface area contributed by atoms with Gasteiger partial charge < -0.3 is 10.8 Å². The predicted octanol–water partition coefficient (Wildman–Crippen LogP) is 4.57. The van der Waals surface area contributed by atoms with E-state index < -0.39 is 5.97 Å². The first-order valence-corrected chi connectivity index (χ1v) is 8.16. The molecule has 3 nitrogen and oxygen atoms in total. The lowest BCUT2D eigenvalue weighted by molar-refractivity contribution is -0.137. The summed E-state index contributed by atoms with van der Waals surface area (Å²) in [5, 5.41) is 8.44. The Kier molecular flexibility index (Phi) is 12.5. The summed E-state index contributed by atoms with van der Waals surface area (Å²) >= 11 is 11.3. The van der Waals surface area contributed by atoms with Crippen LogP contribution in [0.3, 0.4) is 0 Å². The fourth-order valence-electron chi connectivity index (χ4n) is 1.66. The number of benzene rings is 1. The van der Waals surface area contributed by atoms with E-state index in [1.165, 1.54) is 5.56 Å². The smallest absolute Gasteiger partial charge is 0.303 e. The molecule has 0 aromatic heterocycles. The van der Waals surface area contributed by atoms with Crippen LogP contribution in [0.25, 0.3) is 0 Å². The summed E-state index contributed by atoms with van der Waals surface area (Å²) in [5.74, 6) is -0.161. The fraction of sp³-hybridized carbons (Fsp3) is 0.562. The summed E-state index contributed by atoms with van der Waals surface area (Å²) in [5.41, 5.74) is 6.81. The number of alkyl halides is 2. The van der Waals surface area contributed by atoms with Crippen LogP contribution in [0.4, 0.5) is 0 Å². The molecule has 0 radical (unpaired) electrons. The summed E-state index contributed by atoms with van der Waals surface area (Å²) in [4.78, 5) is 10.1. The zero-order chi connectivity index (χ0) is 16.1. The Morgan fingerprint density at radius 1 is 1.24 bits per heavy atom. The third-order valence-corrected chi connectivity index (χ3v) is 3.56. The lowest BCUT2D eigenvalue weighted by Crippen LogP contribution is -2.03. The normalized spacial score (nSPS) is 13.0. The van der Waals surface area contributed by atoms with Gasteiger partial charge >= 0.3 is 5.97 Å². The van der Waals surface area contributed by atoms with E-state index in [2.05, 4.69) is 0 Å². The van der Waals surface area contributed by atoms with Gasteiger partial charge in [-0.05, 0) is 31.7 Å². The quantitative estimate of drug-likeness (QED) is 0.540. The van der Waals surface area contributed by atoms with E-state index in [4.69, 9.17) is 34.0 Å². The highest BCUT2D eigenvalue weighted by atomic mass is 35.5. The Hall–Kier alpha value is -0.770. The van der Waals surface area contributed by atoms with Gasteiger partial charge in [-0.15, -0.1) is 23.2 Å². The number of nitrogens with two attached hydrogens (primary N) is 1. The van der Waals surface area contributed by atoms with E-state index in [1.807, 2.05) is 37.3 Å².